The van der Waals surface area contributed by atoms with Crippen LogP contribution >= 0.6 is 0 Å². The number of alkyl halides is 3. The Morgan fingerprint density at radius 3 is 2.55 bits per heavy atom. The highest BCUT2D eigenvalue weighted by Crippen LogP contribution is 2.31. The lowest BCUT2D eigenvalue weighted by atomic mass is 10.1. The zero-order chi connectivity index (χ0) is 22.2. The van der Waals surface area contributed by atoms with Crippen LogP contribution in [0.25, 0.3) is 11.3 Å². The van der Waals surface area contributed by atoms with E-state index in [1.165, 1.54) is 29.2 Å². The zero-order valence-electron chi connectivity index (χ0n) is 16.4. The predicted octanol–water partition coefficient (Wildman–Crippen LogP) is 2.95. The van der Waals surface area contributed by atoms with E-state index in [4.69, 9.17) is 0 Å². The minimum Gasteiger partial charge on any atom is -0.609 e. The van der Waals surface area contributed by atoms with Crippen molar-refractivity contribution in [2.24, 2.45) is 0 Å². The van der Waals surface area contributed by atoms with Crippen molar-refractivity contribution in [2.75, 3.05) is 30.0 Å². The van der Waals surface area contributed by atoms with Gasteiger partial charge in [0.1, 0.15) is 6.26 Å². The van der Waals surface area contributed by atoms with Gasteiger partial charge in [-0.15, -0.1) is 0 Å². The van der Waals surface area contributed by atoms with Crippen LogP contribution in [0, 0.1) is 0 Å². The molecule has 3 aromatic rings. The summed E-state index contributed by atoms with van der Waals surface area (Å²) in [6, 6.07) is 9.16. The molecule has 1 atom stereocenters. The number of benzene rings is 1. The number of aromatic nitrogens is 3. The third-order valence-corrected chi connectivity index (χ3v) is 5.42. The highest BCUT2D eigenvalue weighted by atomic mass is 32.2. The molecule has 1 aliphatic heterocycles. The second kappa shape index (κ2) is 8.23. The maximum Gasteiger partial charge on any atom is 0.433 e. The smallest absolute Gasteiger partial charge is 0.433 e. The molecule has 0 saturated heterocycles. The van der Waals surface area contributed by atoms with Crippen molar-refractivity contribution in [2.45, 2.75) is 17.9 Å². The van der Waals surface area contributed by atoms with Crippen molar-refractivity contribution < 1.29 is 17.7 Å². The summed E-state index contributed by atoms with van der Waals surface area (Å²) in [5.74, 6) is 0. The van der Waals surface area contributed by atoms with E-state index in [2.05, 4.69) is 20.6 Å². The normalized spacial score (nSPS) is 14.4. The van der Waals surface area contributed by atoms with Crippen LogP contribution in [0.1, 0.15) is 11.3 Å². The quantitative estimate of drug-likeness (QED) is 0.470. The first kappa shape index (κ1) is 21.2. The summed E-state index contributed by atoms with van der Waals surface area (Å²) < 4.78 is 52.9. The number of nitrogens with zero attached hydrogens (tertiary/aromatic N) is 3. The summed E-state index contributed by atoms with van der Waals surface area (Å²) in [5, 5.41) is 6.12. The predicted molar refractivity (Wildman–Crippen MR) is 112 cm³/mol. The van der Waals surface area contributed by atoms with E-state index in [9.17, 15) is 22.5 Å². The SMILES string of the molecule is C[S+]([O-])c1nc(-c2ccc(=O)n(Cc3ccc4c(c3)NCCN4)c2)cc(C(F)(F)F)n1. The van der Waals surface area contributed by atoms with E-state index in [-0.39, 0.29) is 23.4 Å². The molecule has 7 nitrogen and oxygen atoms in total. The van der Waals surface area contributed by atoms with E-state index >= 15 is 0 Å². The van der Waals surface area contributed by atoms with Gasteiger partial charge in [-0.1, -0.05) is 6.07 Å². The van der Waals surface area contributed by atoms with Gasteiger partial charge in [0, 0.05) is 42.1 Å². The van der Waals surface area contributed by atoms with E-state index in [0.29, 0.717) is 0 Å². The maximum absolute atomic E-state index is 13.2. The molecule has 2 aromatic heterocycles. The molecule has 1 aliphatic rings. The van der Waals surface area contributed by atoms with Gasteiger partial charge in [0.2, 0.25) is 0 Å². The largest absolute Gasteiger partial charge is 0.609 e. The molecule has 1 aromatic carbocycles. The highest BCUT2D eigenvalue weighted by molar-refractivity contribution is 7.90. The molecular formula is C20H18F3N5O2S. The van der Waals surface area contributed by atoms with Crippen LogP contribution in [0.15, 0.2) is 52.5 Å². The third-order valence-electron chi connectivity index (χ3n) is 4.73. The number of nitrogens with one attached hydrogen (secondary N) is 2. The van der Waals surface area contributed by atoms with E-state index < -0.39 is 28.2 Å². The number of rotatable bonds is 4. The number of anilines is 2. The second-order valence-corrected chi connectivity index (χ2v) is 8.26. The zero-order valence-corrected chi connectivity index (χ0v) is 17.2. The number of fused-ring (bicyclic) bond motifs is 1. The Morgan fingerprint density at radius 2 is 1.84 bits per heavy atom. The Balaban J connectivity index is 1.71. The molecule has 0 saturated carbocycles. The summed E-state index contributed by atoms with van der Waals surface area (Å²) in [6.07, 6.45) is -2.07. The van der Waals surface area contributed by atoms with Crippen LogP contribution in [-0.2, 0) is 23.9 Å². The maximum atomic E-state index is 13.2. The van der Waals surface area contributed by atoms with Gasteiger partial charge in [-0.2, -0.15) is 23.1 Å². The minimum absolute atomic E-state index is 0.0578. The molecule has 1 unspecified atom stereocenters. The minimum atomic E-state index is -4.72. The van der Waals surface area contributed by atoms with E-state index in [1.54, 1.807) is 0 Å². The number of hydrogen-bond donors (Lipinski definition) is 2. The Labute approximate surface area is 178 Å². The lowest BCUT2D eigenvalue weighted by molar-refractivity contribution is -0.141. The number of hydrogen-bond acceptors (Lipinski definition) is 6. The van der Waals surface area contributed by atoms with E-state index in [1.807, 2.05) is 18.2 Å². The van der Waals surface area contributed by atoms with Crippen LogP contribution in [0.5, 0.6) is 0 Å². The van der Waals surface area contributed by atoms with Gasteiger partial charge >= 0.3 is 11.3 Å². The van der Waals surface area contributed by atoms with Crippen molar-refractivity contribution in [3.8, 4) is 11.3 Å². The fourth-order valence-electron chi connectivity index (χ4n) is 3.23. The third kappa shape index (κ3) is 4.67. The Morgan fingerprint density at radius 1 is 1.10 bits per heavy atom. The van der Waals surface area contributed by atoms with Gasteiger partial charge in [0.25, 0.3) is 5.56 Å². The molecule has 3 heterocycles. The molecule has 0 amide bonds. The molecule has 0 aliphatic carbocycles. The van der Waals surface area contributed by atoms with Crippen molar-refractivity contribution in [1.29, 1.82) is 0 Å². The summed E-state index contributed by atoms with van der Waals surface area (Å²) in [4.78, 5) is 19.7. The van der Waals surface area contributed by atoms with Crippen LogP contribution in [-0.4, -0.2) is 38.4 Å². The first-order chi connectivity index (χ1) is 14.7. The van der Waals surface area contributed by atoms with Gasteiger partial charge < -0.3 is 19.8 Å². The summed E-state index contributed by atoms with van der Waals surface area (Å²) in [5.41, 5.74) is 1.48. The molecule has 0 radical (unpaired) electrons. The standard InChI is InChI=1S/C20H18F3N5O2S/c1-31(30)19-26-15(9-17(27-19)20(21,22)23)13-3-5-18(29)28(11-13)10-12-2-4-14-16(8-12)25-7-6-24-14/h2-5,8-9,11,24-25H,6-7,10H2,1H3. The Hall–Kier alpha value is -3.05. The highest BCUT2D eigenvalue weighted by Gasteiger charge is 2.35. The van der Waals surface area contributed by atoms with E-state index in [0.717, 1.165) is 36.1 Å². The fourth-order valence-corrected chi connectivity index (χ4v) is 3.69. The van der Waals surface area contributed by atoms with Crippen LogP contribution in [0.4, 0.5) is 24.5 Å². The van der Waals surface area contributed by atoms with Gasteiger partial charge in [-0.05, 0) is 29.8 Å². The first-order valence-electron chi connectivity index (χ1n) is 9.32. The fraction of sp³-hybridized carbons (Fsp3) is 0.250. The molecule has 0 spiro atoms. The van der Waals surface area contributed by atoms with Gasteiger partial charge in [-0.3, -0.25) is 4.79 Å². The van der Waals surface area contributed by atoms with Crippen molar-refractivity contribution in [3.63, 3.8) is 0 Å². The molecule has 2 N–H and O–H groups in total. The molecule has 31 heavy (non-hydrogen) atoms. The van der Waals surface area contributed by atoms with Crippen molar-refractivity contribution in [1.82, 2.24) is 14.5 Å². The van der Waals surface area contributed by atoms with Crippen LogP contribution in [0.2, 0.25) is 0 Å². The van der Waals surface area contributed by atoms with Gasteiger partial charge in [0.05, 0.1) is 23.6 Å². The molecule has 0 bridgehead atoms. The second-order valence-electron chi connectivity index (χ2n) is 6.99. The van der Waals surface area contributed by atoms with Crippen molar-refractivity contribution in [3.05, 3.63) is 64.2 Å². The Kier molecular flexibility index (Phi) is 5.63. The molecule has 4 rings (SSSR count). The summed E-state index contributed by atoms with van der Waals surface area (Å²) in [6.45, 7) is 1.82. The van der Waals surface area contributed by atoms with Crippen molar-refractivity contribution >= 4 is 22.6 Å². The average Bonchev–Trinajstić information content (AvgIpc) is 2.74. The van der Waals surface area contributed by atoms with Crippen LogP contribution < -0.4 is 16.2 Å². The van der Waals surface area contributed by atoms with Gasteiger partial charge in [-0.25, -0.2) is 0 Å². The molecule has 162 valence electrons. The number of pyridine rings is 1. The molecule has 11 heteroatoms. The Bertz CT molecular complexity index is 1180. The molecule has 0 fully saturated rings. The van der Waals surface area contributed by atoms with Crippen LogP contribution in [0.3, 0.4) is 0 Å². The monoisotopic (exact) mass is 449 g/mol. The summed E-state index contributed by atoms with van der Waals surface area (Å²) in [7, 11) is 0. The van der Waals surface area contributed by atoms with Gasteiger partial charge in [0.15, 0.2) is 5.69 Å². The average molecular weight is 449 g/mol. The summed E-state index contributed by atoms with van der Waals surface area (Å²) >= 11 is -1.80. The lowest BCUT2D eigenvalue weighted by Gasteiger charge is -2.20. The number of halogens is 3. The topological polar surface area (TPSA) is 94.9 Å². The first-order valence-corrected chi connectivity index (χ1v) is 10.9. The lowest BCUT2D eigenvalue weighted by Crippen LogP contribution is -2.22. The molecular weight excluding hydrogens is 431 g/mol.